The summed E-state index contributed by atoms with van der Waals surface area (Å²) in [4.78, 5) is 44.0. The number of aromatic nitrogens is 1. The number of nitrogens with one attached hydrogen (secondary N) is 2. The van der Waals surface area contributed by atoms with Crippen molar-refractivity contribution >= 4 is 34.6 Å². The maximum atomic E-state index is 13.6. The van der Waals surface area contributed by atoms with Gasteiger partial charge in [0.25, 0.3) is 17.5 Å². The van der Waals surface area contributed by atoms with E-state index in [1.54, 1.807) is 43.5 Å². The molecule has 1 aromatic heterocycles. The Balaban J connectivity index is 0.000000930. The van der Waals surface area contributed by atoms with Gasteiger partial charge in [-0.2, -0.15) is 0 Å². The molecule has 0 atom stereocenters. The van der Waals surface area contributed by atoms with E-state index in [0.29, 0.717) is 28.6 Å². The van der Waals surface area contributed by atoms with Crippen molar-refractivity contribution < 1.29 is 29.3 Å². The fourth-order valence-corrected chi connectivity index (χ4v) is 3.80. The summed E-state index contributed by atoms with van der Waals surface area (Å²) >= 11 is 0. The number of carbonyl (C=O) groups is 3. The van der Waals surface area contributed by atoms with Crippen LogP contribution in [0.5, 0.6) is 0 Å². The molecule has 222 valence electrons. The lowest BCUT2D eigenvalue weighted by molar-refractivity contribution is -0.135. The van der Waals surface area contributed by atoms with E-state index in [2.05, 4.69) is 5.32 Å². The SMILES string of the molecule is CC(=O)O.CC(=O)O.CC(C)Cn1c(CNC(=O)OC(C)(C)C)c(-c2ccccc2)c2cc(C(=N)N)ccc2c1=O. The van der Waals surface area contributed by atoms with E-state index >= 15 is 0 Å². The van der Waals surface area contributed by atoms with Gasteiger partial charge < -0.3 is 30.6 Å². The molecule has 41 heavy (non-hydrogen) atoms. The van der Waals surface area contributed by atoms with Gasteiger partial charge in [-0.05, 0) is 49.8 Å². The first kappa shape index (κ1) is 34.4. The highest BCUT2D eigenvalue weighted by molar-refractivity contribution is 6.04. The fraction of sp³-hybridized carbons (Fsp3) is 0.367. The van der Waals surface area contributed by atoms with Gasteiger partial charge in [0, 0.05) is 42.6 Å². The number of nitrogens with two attached hydrogens (primary N) is 1. The van der Waals surface area contributed by atoms with Gasteiger partial charge >= 0.3 is 6.09 Å². The van der Waals surface area contributed by atoms with Gasteiger partial charge in [-0.25, -0.2) is 4.79 Å². The Hall–Kier alpha value is -4.67. The Labute approximate surface area is 239 Å². The first-order valence-corrected chi connectivity index (χ1v) is 12.9. The summed E-state index contributed by atoms with van der Waals surface area (Å²) in [5.74, 6) is -1.53. The number of hydrogen-bond acceptors (Lipinski definition) is 6. The third-order valence-electron chi connectivity index (χ3n) is 5.10. The minimum Gasteiger partial charge on any atom is -0.481 e. The van der Waals surface area contributed by atoms with Crippen LogP contribution in [0.3, 0.4) is 0 Å². The molecule has 0 fully saturated rings. The number of carbonyl (C=O) groups excluding carboxylic acids is 1. The number of alkyl carbamates (subject to hydrolysis) is 1. The minimum absolute atomic E-state index is 0.0734. The average Bonchev–Trinajstić information content (AvgIpc) is 2.83. The zero-order valence-corrected chi connectivity index (χ0v) is 24.6. The molecule has 0 unspecified atom stereocenters. The number of aliphatic carboxylic acids is 2. The van der Waals surface area contributed by atoms with Crippen LogP contribution < -0.4 is 16.6 Å². The van der Waals surface area contributed by atoms with Gasteiger partial charge in [0.1, 0.15) is 11.4 Å². The third-order valence-corrected chi connectivity index (χ3v) is 5.10. The van der Waals surface area contributed by atoms with E-state index in [4.69, 9.17) is 35.7 Å². The highest BCUT2D eigenvalue weighted by Crippen LogP contribution is 2.32. The van der Waals surface area contributed by atoms with Gasteiger partial charge in [-0.3, -0.25) is 19.8 Å². The molecule has 6 N–H and O–H groups in total. The van der Waals surface area contributed by atoms with Gasteiger partial charge in [-0.1, -0.05) is 50.2 Å². The molecule has 0 saturated heterocycles. The molecule has 11 nitrogen and oxygen atoms in total. The van der Waals surface area contributed by atoms with E-state index in [-0.39, 0.29) is 23.9 Å². The third kappa shape index (κ3) is 11.5. The highest BCUT2D eigenvalue weighted by atomic mass is 16.6. The fourth-order valence-electron chi connectivity index (χ4n) is 3.80. The van der Waals surface area contributed by atoms with Gasteiger partial charge in [0.05, 0.1) is 6.54 Å². The van der Waals surface area contributed by atoms with Crippen molar-refractivity contribution in [3.05, 3.63) is 70.1 Å². The van der Waals surface area contributed by atoms with Crippen LogP contribution in [0.1, 0.15) is 59.7 Å². The van der Waals surface area contributed by atoms with Crippen LogP contribution in [-0.2, 0) is 27.4 Å². The van der Waals surface area contributed by atoms with E-state index < -0.39 is 23.6 Å². The number of hydrogen-bond donors (Lipinski definition) is 5. The van der Waals surface area contributed by atoms with E-state index in [0.717, 1.165) is 25.0 Å². The Morgan fingerprint density at radius 2 is 1.54 bits per heavy atom. The van der Waals surface area contributed by atoms with E-state index in [9.17, 15) is 9.59 Å². The molecule has 1 heterocycles. The van der Waals surface area contributed by atoms with Crippen molar-refractivity contribution in [3.8, 4) is 11.1 Å². The Morgan fingerprint density at radius 1 is 1.00 bits per heavy atom. The maximum Gasteiger partial charge on any atom is 0.407 e. The number of ether oxygens (including phenoxy) is 1. The lowest BCUT2D eigenvalue weighted by Gasteiger charge is -2.23. The zero-order chi connectivity index (χ0) is 31.5. The lowest BCUT2D eigenvalue weighted by atomic mass is 9.94. The summed E-state index contributed by atoms with van der Waals surface area (Å²) in [6.07, 6.45) is -0.553. The van der Waals surface area contributed by atoms with Crippen LogP contribution in [-0.4, -0.2) is 44.2 Å². The number of fused-ring (bicyclic) bond motifs is 1. The van der Waals surface area contributed by atoms with Crippen LogP contribution in [0.4, 0.5) is 4.79 Å². The van der Waals surface area contributed by atoms with Gasteiger partial charge in [-0.15, -0.1) is 0 Å². The van der Waals surface area contributed by atoms with Gasteiger partial charge in [0.2, 0.25) is 0 Å². The zero-order valence-electron chi connectivity index (χ0n) is 24.6. The average molecular weight is 569 g/mol. The van der Waals surface area contributed by atoms with Crippen molar-refractivity contribution in [2.75, 3.05) is 0 Å². The molecule has 0 aliphatic heterocycles. The van der Waals surface area contributed by atoms with Crippen molar-refractivity contribution in [2.24, 2.45) is 11.7 Å². The second kappa shape index (κ2) is 15.2. The number of benzene rings is 2. The molecule has 0 radical (unpaired) electrons. The number of nitrogen functional groups attached to an aromatic ring is 1. The molecular weight excluding hydrogens is 528 g/mol. The predicted molar refractivity (Wildman–Crippen MR) is 159 cm³/mol. The van der Waals surface area contributed by atoms with Crippen LogP contribution in [0.15, 0.2) is 53.3 Å². The summed E-state index contributed by atoms with van der Waals surface area (Å²) in [6.45, 7) is 12.3. The Kier molecular flexibility index (Phi) is 12.7. The summed E-state index contributed by atoms with van der Waals surface area (Å²) < 4.78 is 7.15. The summed E-state index contributed by atoms with van der Waals surface area (Å²) in [5, 5.41) is 26.8. The van der Waals surface area contributed by atoms with Crippen LogP contribution in [0.2, 0.25) is 0 Å². The standard InChI is InChI=1S/C26H32N4O3.2C2H4O2/c1-16(2)15-30-21(14-29-25(32)33-26(3,4)5)22(17-9-7-6-8-10-17)20-13-18(23(27)28)11-12-19(20)24(30)31;2*1-2(3)4/h6-13,16H,14-15H2,1-5H3,(H3,27,28)(H,29,32);2*1H3,(H,3,4). The minimum atomic E-state index is -0.833. The van der Waals surface area contributed by atoms with Crippen molar-refractivity contribution in [3.63, 3.8) is 0 Å². The first-order chi connectivity index (χ1) is 18.9. The molecule has 2 aromatic carbocycles. The van der Waals surface area contributed by atoms with Crippen LogP contribution in [0, 0.1) is 11.3 Å². The van der Waals surface area contributed by atoms with Crippen molar-refractivity contribution in [2.45, 2.75) is 67.2 Å². The molecule has 0 aliphatic carbocycles. The largest absolute Gasteiger partial charge is 0.481 e. The highest BCUT2D eigenvalue weighted by Gasteiger charge is 2.21. The van der Waals surface area contributed by atoms with Crippen molar-refractivity contribution in [1.82, 2.24) is 9.88 Å². The smallest absolute Gasteiger partial charge is 0.407 e. The number of carboxylic acids is 2. The van der Waals surface area contributed by atoms with E-state index in [1.165, 1.54) is 0 Å². The molecule has 0 saturated carbocycles. The summed E-state index contributed by atoms with van der Waals surface area (Å²) in [7, 11) is 0. The second-order valence-electron chi connectivity index (χ2n) is 10.6. The predicted octanol–water partition coefficient (Wildman–Crippen LogP) is 4.82. The monoisotopic (exact) mass is 568 g/mol. The molecule has 0 aliphatic rings. The number of amides is 1. The number of carboxylic acid groups (broad SMARTS) is 2. The number of pyridine rings is 1. The Morgan fingerprint density at radius 3 is 2.00 bits per heavy atom. The first-order valence-electron chi connectivity index (χ1n) is 12.9. The number of nitrogens with zero attached hydrogens (tertiary/aromatic N) is 1. The Bertz CT molecular complexity index is 1420. The molecule has 0 spiro atoms. The summed E-state index contributed by atoms with van der Waals surface area (Å²) in [6, 6.07) is 14.9. The molecular formula is C30H40N4O7. The summed E-state index contributed by atoms with van der Waals surface area (Å²) in [5.41, 5.74) is 7.91. The molecule has 3 aromatic rings. The van der Waals surface area contributed by atoms with Crippen LogP contribution in [0.25, 0.3) is 21.9 Å². The van der Waals surface area contributed by atoms with E-state index in [1.807, 2.05) is 44.2 Å². The quantitative estimate of drug-likeness (QED) is 0.207. The van der Waals surface area contributed by atoms with Gasteiger partial charge in [0.15, 0.2) is 0 Å². The normalized spacial score (nSPS) is 10.5. The topological polar surface area (TPSA) is 185 Å². The maximum absolute atomic E-state index is 13.6. The lowest BCUT2D eigenvalue weighted by Crippen LogP contribution is -2.35. The van der Waals surface area contributed by atoms with Crippen LogP contribution >= 0.6 is 0 Å². The molecule has 11 heteroatoms. The number of rotatable bonds is 6. The molecule has 1 amide bonds. The molecule has 0 bridgehead atoms. The second-order valence-corrected chi connectivity index (χ2v) is 10.6. The number of amidine groups is 1. The molecule has 3 rings (SSSR count). The van der Waals surface area contributed by atoms with Crippen molar-refractivity contribution in [1.29, 1.82) is 5.41 Å².